The van der Waals surface area contributed by atoms with Gasteiger partial charge in [0.05, 0.1) is 22.5 Å². The average Bonchev–Trinajstić information content (AvgIpc) is 3.32. The van der Waals surface area contributed by atoms with Crippen LogP contribution < -0.4 is 10.2 Å². The van der Waals surface area contributed by atoms with Crippen LogP contribution in [0, 0.1) is 11.7 Å². The first-order valence-electron chi connectivity index (χ1n) is 8.94. The molecule has 3 heterocycles. The Morgan fingerprint density at radius 2 is 2.18 bits per heavy atom. The zero-order valence-electron chi connectivity index (χ0n) is 15.7. The number of nitrogens with one attached hydrogen (secondary N) is 2. The molecule has 0 bridgehead atoms. The smallest absolute Gasteiger partial charge is 0.231 e. The van der Waals surface area contributed by atoms with E-state index in [1.807, 2.05) is 5.38 Å². The summed E-state index contributed by atoms with van der Waals surface area (Å²) in [6, 6.07) is 4.58. The molecule has 1 saturated heterocycles. The fourth-order valence-corrected chi connectivity index (χ4v) is 4.12. The molecule has 146 valence electrons. The normalized spacial score (nSPS) is 17.5. The average molecular weight is 401 g/mol. The Morgan fingerprint density at radius 3 is 2.89 bits per heavy atom. The SMILES string of the molecule is CC(C)(C)c1csc(NC(=O)[C@H]2CC(=O)N(c3n[nH]c4cccc(F)c34)C2)n1. The number of fused-ring (bicyclic) bond motifs is 1. The molecule has 2 amide bonds. The maximum absolute atomic E-state index is 14.2. The Hall–Kier alpha value is -2.81. The molecule has 0 aliphatic carbocycles. The molecule has 1 aliphatic heterocycles. The number of anilines is 2. The quantitative estimate of drug-likeness (QED) is 0.703. The number of hydrogen-bond acceptors (Lipinski definition) is 5. The van der Waals surface area contributed by atoms with Gasteiger partial charge in [-0.05, 0) is 12.1 Å². The molecule has 0 unspecified atom stereocenters. The van der Waals surface area contributed by atoms with Gasteiger partial charge in [-0.1, -0.05) is 26.8 Å². The number of benzene rings is 1. The summed E-state index contributed by atoms with van der Waals surface area (Å²) in [6.45, 7) is 6.30. The van der Waals surface area contributed by atoms with Crippen molar-refractivity contribution >= 4 is 45.0 Å². The summed E-state index contributed by atoms with van der Waals surface area (Å²) in [4.78, 5) is 31.0. The number of hydrogen-bond donors (Lipinski definition) is 2. The summed E-state index contributed by atoms with van der Waals surface area (Å²) in [6.07, 6.45) is 0.0478. The lowest BCUT2D eigenvalue weighted by Crippen LogP contribution is -2.28. The van der Waals surface area contributed by atoms with E-state index in [4.69, 9.17) is 0 Å². The molecule has 28 heavy (non-hydrogen) atoms. The molecule has 1 fully saturated rings. The van der Waals surface area contributed by atoms with E-state index in [9.17, 15) is 14.0 Å². The van der Waals surface area contributed by atoms with Crippen molar-refractivity contribution in [3.63, 3.8) is 0 Å². The van der Waals surface area contributed by atoms with E-state index in [0.29, 0.717) is 10.6 Å². The van der Waals surface area contributed by atoms with Gasteiger partial charge in [-0.2, -0.15) is 5.10 Å². The van der Waals surface area contributed by atoms with E-state index in [2.05, 4.69) is 41.3 Å². The first kappa shape index (κ1) is 18.5. The van der Waals surface area contributed by atoms with Crippen LogP contribution in [-0.4, -0.2) is 33.5 Å². The molecule has 2 aromatic heterocycles. The maximum Gasteiger partial charge on any atom is 0.231 e. The Balaban J connectivity index is 1.51. The summed E-state index contributed by atoms with van der Waals surface area (Å²) in [5, 5.41) is 12.3. The van der Waals surface area contributed by atoms with Crippen molar-refractivity contribution < 1.29 is 14.0 Å². The monoisotopic (exact) mass is 401 g/mol. The van der Waals surface area contributed by atoms with Gasteiger partial charge in [0.2, 0.25) is 11.8 Å². The van der Waals surface area contributed by atoms with Crippen molar-refractivity contribution in [2.45, 2.75) is 32.6 Å². The molecule has 0 saturated carbocycles. The molecule has 7 nitrogen and oxygen atoms in total. The lowest BCUT2D eigenvalue weighted by atomic mass is 9.93. The van der Waals surface area contributed by atoms with E-state index in [1.165, 1.54) is 22.3 Å². The fraction of sp³-hybridized carbons (Fsp3) is 0.368. The molecule has 3 aromatic rings. The van der Waals surface area contributed by atoms with Gasteiger partial charge in [0.1, 0.15) is 5.82 Å². The molecule has 0 spiro atoms. The van der Waals surface area contributed by atoms with Crippen LogP contribution in [0.2, 0.25) is 0 Å². The largest absolute Gasteiger partial charge is 0.302 e. The van der Waals surface area contributed by atoms with Gasteiger partial charge in [-0.3, -0.25) is 19.6 Å². The molecule has 1 atom stereocenters. The third kappa shape index (κ3) is 3.26. The molecule has 4 rings (SSSR count). The third-order valence-electron chi connectivity index (χ3n) is 4.77. The van der Waals surface area contributed by atoms with Gasteiger partial charge < -0.3 is 5.32 Å². The van der Waals surface area contributed by atoms with Crippen LogP contribution >= 0.6 is 11.3 Å². The van der Waals surface area contributed by atoms with E-state index in [1.54, 1.807) is 12.1 Å². The molecule has 2 N–H and O–H groups in total. The van der Waals surface area contributed by atoms with Gasteiger partial charge in [-0.25, -0.2) is 9.37 Å². The van der Waals surface area contributed by atoms with Crippen molar-refractivity contribution in [3.8, 4) is 0 Å². The Morgan fingerprint density at radius 1 is 1.39 bits per heavy atom. The number of aromatic amines is 1. The molecule has 9 heteroatoms. The standard InChI is InChI=1S/C19H20FN5O2S/c1-19(2,3)13-9-28-18(21-13)22-17(27)10-7-14(26)25(8-10)16-15-11(20)5-4-6-12(15)23-24-16/h4-6,9-10H,7-8H2,1-3H3,(H,23,24)(H,21,22,27)/t10-/m0/s1. The van der Waals surface area contributed by atoms with Crippen molar-refractivity contribution in [2.24, 2.45) is 5.92 Å². The lowest BCUT2D eigenvalue weighted by molar-refractivity contribution is -0.122. The van der Waals surface area contributed by atoms with Crippen LogP contribution in [0.3, 0.4) is 0 Å². The number of H-pyrrole nitrogens is 1. The molecule has 0 radical (unpaired) electrons. The van der Waals surface area contributed by atoms with E-state index < -0.39 is 11.7 Å². The topological polar surface area (TPSA) is 91.0 Å². The summed E-state index contributed by atoms with van der Waals surface area (Å²) in [7, 11) is 0. The fourth-order valence-electron chi connectivity index (χ4n) is 3.18. The predicted molar refractivity (Wildman–Crippen MR) is 106 cm³/mol. The van der Waals surface area contributed by atoms with Crippen LogP contribution in [0.5, 0.6) is 0 Å². The number of carbonyl (C=O) groups is 2. The van der Waals surface area contributed by atoms with E-state index in [-0.39, 0.29) is 41.4 Å². The number of aromatic nitrogens is 3. The van der Waals surface area contributed by atoms with Crippen LogP contribution in [0.1, 0.15) is 32.9 Å². The van der Waals surface area contributed by atoms with Crippen LogP contribution in [0.4, 0.5) is 15.3 Å². The van der Waals surface area contributed by atoms with Crippen molar-refractivity contribution in [3.05, 3.63) is 35.1 Å². The number of carbonyl (C=O) groups excluding carboxylic acids is 2. The second-order valence-electron chi connectivity index (χ2n) is 7.89. The minimum Gasteiger partial charge on any atom is -0.302 e. The number of amides is 2. The predicted octanol–water partition coefficient (Wildman–Crippen LogP) is 3.45. The highest BCUT2D eigenvalue weighted by molar-refractivity contribution is 7.13. The minimum absolute atomic E-state index is 0.0478. The first-order valence-corrected chi connectivity index (χ1v) is 9.82. The van der Waals surface area contributed by atoms with Gasteiger partial charge in [0.25, 0.3) is 0 Å². The third-order valence-corrected chi connectivity index (χ3v) is 5.53. The molecular weight excluding hydrogens is 381 g/mol. The molecular formula is C19H20FN5O2S. The molecule has 1 aliphatic rings. The summed E-state index contributed by atoms with van der Waals surface area (Å²) in [5.41, 5.74) is 1.30. The molecule has 1 aromatic carbocycles. The number of nitrogens with zero attached hydrogens (tertiary/aromatic N) is 3. The van der Waals surface area contributed by atoms with Crippen LogP contribution in [-0.2, 0) is 15.0 Å². The Bertz CT molecular complexity index is 1070. The van der Waals surface area contributed by atoms with Crippen molar-refractivity contribution in [1.82, 2.24) is 15.2 Å². The minimum atomic E-state index is -0.548. The first-order chi connectivity index (χ1) is 13.2. The number of thiazole rings is 1. The van der Waals surface area contributed by atoms with E-state index >= 15 is 0 Å². The number of rotatable bonds is 3. The van der Waals surface area contributed by atoms with Gasteiger partial charge >= 0.3 is 0 Å². The van der Waals surface area contributed by atoms with Crippen molar-refractivity contribution in [2.75, 3.05) is 16.8 Å². The second kappa shape index (κ2) is 6.66. The van der Waals surface area contributed by atoms with E-state index in [0.717, 1.165) is 5.69 Å². The van der Waals surface area contributed by atoms with Crippen LogP contribution in [0.15, 0.2) is 23.6 Å². The van der Waals surface area contributed by atoms with Gasteiger partial charge in [0, 0.05) is 23.8 Å². The second-order valence-corrected chi connectivity index (χ2v) is 8.75. The zero-order chi connectivity index (χ0) is 20.1. The Labute approximate surface area is 165 Å². The summed E-state index contributed by atoms with van der Waals surface area (Å²) < 4.78 is 14.2. The Kier molecular flexibility index (Phi) is 4.41. The highest BCUT2D eigenvalue weighted by Gasteiger charge is 2.37. The van der Waals surface area contributed by atoms with Gasteiger partial charge in [-0.15, -0.1) is 11.3 Å². The zero-order valence-corrected chi connectivity index (χ0v) is 16.6. The van der Waals surface area contributed by atoms with Gasteiger partial charge in [0.15, 0.2) is 10.9 Å². The maximum atomic E-state index is 14.2. The summed E-state index contributed by atoms with van der Waals surface area (Å²) >= 11 is 1.36. The number of halogens is 1. The van der Waals surface area contributed by atoms with Crippen LogP contribution in [0.25, 0.3) is 10.9 Å². The summed E-state index contributed by atoms with van der Waals surface area (Å²) in [5.74, 6) is -1.32. The van der Waals surface area contributed by atoms with Crippen molar-refractivity contribution in [1.29, 1.82) is 0 Å². The highest BCUT2D eigenvalue weighted by Crippen LogP contribution is 2.32. The lowest BCUT2D eigenvalue weighted by Gasteiger charge is -2.15. The highest BCUT2D eigenvalue weighted by atomic mass is 32.1.